The molecule has 5 atom stereocenters. The third kappa shape index (κ3) is 2.84. The molecule has 2 saturated heterocycles. The van der Waals surface area contributed by atoms with E-state index in [9.17, 15) is 0 Å². The number of hydrogen-bond donors (Lipinski definition) is 1. The molecule has 0 radical (unpaired) electrons. The van der Waals surface area contributed by atoms with E-state index in [0.29, 0.717) is 23.5 Å². The Morgan fingerprint density at radius 1 is 1.32 bits per heavy atom. The second kappa shape index (κ2) is 6.11. The van der Waals surface area contributed by atoms with Crippen LogP contribution in [-0.2, 0) is 4.74 Å². The van der Waals surface area contributed by atoms with Crippen molar-refractivity contribution in [3.8, 4) is 0 Å². The first-order valence-electron chi connectivity index (χ1n) is 8.08. The Morgan fingerprint density at radius 2 is 1.95 bits per heavy atom. The maximum Gasteiger partial charge on any atom is 0.0737 e. The maximum atomic E-state index is 6.35. The number of nitrogens with one attached hydrogen (secondary N) is 1. The Balaban J connectivity index is 2.00. The number of nitrogens with zero attached hydrogens (tertiary/aromatic N) is 1. The minimum absolute atomic E-state index is 0.327. The lowest BCUT2D eigenvalue weighted by molar-refractivity contribution is -0.000874. The number of hydrogen-bond acceptors (Lipinski definition) is 3. The van der Waals surface area contributed by atoms with Gasteiger partial charge >= 0.3 is 0 Å². The summed E-state index contributed by atoms with van der Waals surface area (Å²) < 4.78 is 6.35. The Bertz CT molecular complexity index is 290. The molecule has 2 rings (SSSR count). The molecular weight excluding hydrogens is 236 g/mol. The molecule has 0 aromatic heterocycles. The highest BCUT2D eigenvalue weighted by Crippen LogP contribution is 2.49. The van der Waals surface area contributed by atoms with Crippen LogP contribution in [0.2, 0.25) is 0 Å². The van der Waals surface area contributed by atoms with Crippen LogP contribution in [0.5, 0.6) is 0 Å². The van der Waals surface area contributed by atoms with Gasteiger partial charge in [-0.05, 0) is 18.8 Å². The van der Waals surface area contributed by atoms with Gasteiger partial charge in [0, 0.05) is 38.1 Å². The van der Waals surface area contributed by atoms with Crippen molar-refractivity contribution in [2.75, 3.05) is 32.7 Å². The van der Waals surface area contributed by atoms with Crippen LogP contribution in [0.4, 0.5) is 0 Å². The molecule has 0 aromatic carbocycles. The predicted octanol–water partition coefficient (Wildman–Crippen LogP) is 2.37. The van der Waals surface area contributed by atoms with Crippen LogP contribution in [0.3, 0.4) is 0 Å². The van der Waals surface area contributed by atoms with Crippen LogP contribution < -0.4 is 5.32 Å². The standard InChI is InChI=1S/C16H32N2O/c1-6-12(2)16(5)13(3)15(19-14(16)4)11-18-9-7-17-8-10-18/h12-15,17H,6-11H2,1-5H3/t12?,13-,14+,15-,16+/m1/s1. The van der Waals surface area contributed by atoms with Crippen molar-refractivity contribution in [3.05, 3.63) is 0 Å². The summed E-state index contributed by atoms with van der Waals surface area (Å²) in [5.74, 6) is 1.37. The molecule has 3 heteroatoms. The lowest BCUT2D eigenvalue weighted by atomic mass is 9.65. The molecule has 112 valence electrons. The first kappa shape index (κ1) is 15.3. The third-order valence-corrected chi connectivity index (χ3v) is 6.12. The SMILES string of the molecule is CCC(C)[C@]1(C)[C@H](C)O[C@H](CN2CCNCC2)[C@H]1C. The molecule has 1 N–H and O–H groups in total. The maximum absolute atomic E-state index is 6.35. The first-order valence-corrected chi connectivity index (χ1v) is 8.08. The van der Waals surface area contributed by atoms with Gasteiger partial charge in [0.25, 0.3) is 0 Å². The van der Waals surface area contributed by atoms with Crippen molar-refractivity contribution < 1.29 is 4.74 Å². The van der Waals surface area contributed by atoms with Gasteiger partial charge in [0.05, 0.1) is 12.2 Å². The van der Waals surface area contributed by atoms with Crippen LogP contribution >= 0.6 is 0 Å². The molecule has 2 fully saturated rings. The van der Waals surface area contributed by atoms with Crippen LogP contribution in [-0.4, -0.2) is 49.8 Å². The molecule has 1 unspecified atom stereocenters. The van der Waals surface area contributed by atoms with Crippen LogP contribution in [0, 0.1) is 17.3 Å². The van der Waals surface area contributed by atoms with Gasteiger partial charge in [-0.15, -0.1) is 0 Å². The quantitative estimate of drug-likeness (QED) is 0.847. The van der Waals surface area contributed by atoms with E-state index in [1.165, 1.54) is 19.5 Å². The highest BCUT2D eigenvalue weighted by molar-refractivity contribution is 4.99. The first-order chi connectivity index (χ1) is 9.00. The van der Waals surface area contributed by atoms with Crippen molar-refractivity contribution in [2.45, 2.75) is 53.2 Å². The molecule has 0 amide bonds. The molecule has 2 heterocycles. The van der Waals surface area contributed by atoms with Crippen molar-refractivity contribution in [1.29, 1.82) is 0 Å². The van der Waals surface area contributed by atoms with E-state index in [2.05, 4.69) is 44.8 Å². The Kier molecular flexibility index (Phi) is 4.91. The van der Waals surface area contributed by atoms with E-state index in [4.69, 9.17) is 4.74 Å². The van der Waals surface area contributed by atoms with E-state index < -0.39 is 0 Å². The zero-order valence-electron chi connectivity index (χ0n) is 13.4. The molecule has 3 nitrogen and oxygen atoms in total. The van der Waals surface area contributed by atoms with Gasteiger partial charge < -0.3 is 10.1 Å². The van der Waals surface area contributed by atoms with E-state index in [-0.39, 0.29) is 0 Å². The largest absolute Gasteiger partial charge is 0.373 e. The summed E-state index contributed by atoms with van der Waals surface area (Å²) in [6.07, 6.45) is 2.03. The van der Waals surface area contributed by atoms with Gasteiger partial charge in [-0.1, -0.05) is 34.1 Å². The molecule has 0 bridgehead atoms. The topological polar surface area (TPSA) is 24.5 Å². The average Bonchev–Trinajstić information content (AvgIpc) is 2.64. The molecule has 0 saturated carbocycles. The number of rotatable bonds is 4. The third-order valence-electron chi connectivity index (χ3n) is 6.12. The predicted molar refractivity (Wildman–Crippen MR) is 80.4 cm³/mol. The summed E-state index contributed by atoms with van der Waals surface area (Å²) in [7, 11) is 0. The average molecular weight is 268 g/mol. The minimum Gasteiger partial charge on any atom is -0.373 e. The summed E-state index contributed by atoms with van der Waals surface area (Å²) in [6, 6.07) is 0. The zero-order valence-corrected chi connectivity index (χ0v) is 13.4. The van der Waals surface area contributed by atoms with E-state index >= 15 is 0 Å². The molecule has 2 aliphatic heterocycles. The van der Waals surface area contributed by atoms with Crippen LogP contribution in [0.25, 0.3) is 0 Å². The van der Waals surface area contributed by atoms with E-state index in [1.807, 2.05) is 0 Å². The summed E-state index contributed by atoms with van der Waals surface area (Å²) in [4.78, 5) is 2.56. The van der Waals surface area contributed by atoms with Crippen molar-refractivity contribution in [3.63, 3.8) is 0 Å². The van der Waals surface area contributed by atoms with Gasteiger partial charge in [0.15, 0.2) is 0 Å². The van der Waals surface area contributed by atoms with Crippen molar-refractivity contribution >= 4 is 0 Å². The van der Waals surface area contributed by atoms with Crippen LogP contribution in [0.1, 0.15) is 41.0 Å². The summed E-state index contributed by atoms with van der Waals surface area (Å²) >= 11 is 0. The molecule has 0 aromatic rings. The van der Waals surface area contributed by atoms with Gasteiger partial charge in [0.2, 0.25) is 0 Å². The fourth-order valence-electron chi connectivity index (χ4n) is 3.94. The van der Waals surface area contributed by atoms with Crippen LogP contribution in [0.15, 0.2) is 0 Å². The summed E-state index contributed by atoms with van der Waals surface area (Å²) in [5.41, 5.74) is 0.327. The van der Waals surface area contributed by atoms with E-state index in [1.54, 1.807) is 0 Å². The fourth-order valence-corrected chi connectivity index (χ4v) is 3.94. The fraction of sp³-hybridized carbons (Fsp3) is 1.00. The Hall–Kier alpha value is -0.120. The monoisotopic (exact) mass is 268 g/mol. The van der Waals surface area contributed by atoms with Gasteiger partial charge in [0.1, 0.15) is 0 Å². The summed E-state index contributed by atoms with van der Waals surface area (Å²) in [6.45, 7) is 17.5. The molecule has 2 aliphatic rings. The second-order valence-corrected chi connectivity index (χ2v) is 6.83. The number of ether oxygens (including phenoxy) is 1. The normalized spacial score (nSPS) is 42.5. The highest BCUT2D eigenvalue weighted by atomic mass is 16.5. The zero-order chi connectivity index (χ0) is 14.0. The number of piperazine rings is 1. The second-order valence-electron chi connectivity index (χ2n) is 6.83. The summed E-state index contributed by atoms with van der Waals surface area (Å²) in [5, 5.41) is 3.42. The van der Waals surface area contributed by atoms with Gasteiger partial charge in [-0.25, -0.2) is 0 Å². The smallest absolute Gasteiger partial charge is 0.0737 e. The van der Waals surface area contributed by atoms with Crippen molar-refractivity contribution in [1.82, 2.24) is 10.2 Å². The minimum atomic E-state index is 0.327. The van der Waals surface area contributed by atoms with Gasteiger partial charge in [-0.2, -0.15) is 0 Å². The van der Waals surface area contributed by atoms with Gasteiger partial charge in [-0.3, -0.25) is 4.90 Å². The molecule has 0 spiro atoms. The molecule has 0 aliphatic carbocycles. The lowest BCUT2D eigenvalue weighted by Crippen LogP contribution is -2.47. The Morgan fingerprint density at radius 3 is 2.53 bits per heavy atom. The molecular formula is C16H32N2O. The Labute approximate surface area is 119 Å². The van der Waals surface area contributed by atoms with Crippen molar-refractivity contribution in [2.24, 2.45) is 17.3 Å². The highest BCUT2D eigenvalue weighted by Gasteiger charge is 2.51. The van der Waals surface area contributed by atoms with E-state index in [0.717, 1.165) is 25.6 Å². The lowest BCUT2D eigenvalue weighted by Gasteiger charge is -2.38. The molecule has 19 heavy (non-hydrogen) atoms.